The molecule has 1 atom stereocenters. The van der Waals surface area contributed by atoms with Crippen LogP contribution < -0.4 is 5.32 Å². The number of urea groups is 1. The minimum Gasteiger partial charge on any atom is -0.318 e. The van der Waals surface area contributed by atoms with Gasteiger partial charge in [0.15, 0.2) is 0 Å². The fourth-order valence-electron chi connectivity index (χ4n) is 3.81. The van der Waals surface area contributed by atoms with Gasteiger partial charge < -0.3 is 5.32 Å². The van der Waals surface area contributed by atoms with Crippen molar-refractivity contribution in [1.29, 1.82) is 0 Å². The van der Waals surface area contributed by atoms with Gasteiger partial charge in [-0.15, -0.1) is 5.01 Å². The van der Waals surface area contributed by atoms with Gasteiger partial charge in [0.1, 0.15) is 5.54 Å². The second-order valence-corrected chi connectivity index (χ2v) is 7.25. The van der Waals surface area contributed by atoms with Gasteiger partial charge in [-0.05, 0) is 38.0 Å². The van der Waals surface area contributed by atoms with E-state index in [1.165, 1.54) is 6.21 Å². The molecule has 4 rings (SSSR count). The highest BCUT2D eigenvalue weighted by Crippen LogP contribution is 2.32. The number of carbonyl (C=O) groups is 2. The molecule has 1 N–H and O–H groups in total. The molecule has 3 amide bonds. The van der Waals surface area contributed by atoms with Gasteiger partial charge in [-0.2, -0.15) is 10.2 Å². The number of hydrogen-bond donors (Lipinski definition) is 1. The standard InChI is InChI=1S/C23H23N5O2/c1-4-23(18-11-7-5-8-12-18)21(29)28(22(30)25-23)24-15-20-16(2)26-27(17(20)3)19-13-9-6-10-14-19/h5-15H,4H2,1-3H3,(H,25,30)/b24-15-/t23-/m0/s1. The number of hydrazone groups is 1. The van der Waals surface area contributed by atoms with Crippen molar-refractivity contribution in [1.82, 2.24) is 20.1 Å². The van der Waals surface area contributed by atoms with Crippen LogP contribution in [-0.2, 0) is 10.3 Å². The number of benzene rings is 2. The zero-order valence-corrected chi connectivity index (χ0v) is 17.2. The van der Waals surface area contributed by atoms with Crippen molar-refractivity contribution >= 4 is 18.2 Å². The lowest BCUT2D eigenvalue weighted by Crippen LogP contribution is -2.43. The summed E-state index contributed by atoms with van der Waals surface area (Å²) in [6.07, 6.45) is 1.96. The van der Waals surface area contributed by atoms with E-state index in [4.69, 9.17) is 0 Å². The Kier molecular flexibility index (Phi) is 4.95. The third-order valence-corrected chi connectivity index (χ3v) is 5.52. The predicted molar refractivity (Wildman–Crippen MR) is 114 cm³/mol. The van der Waals surface area contributed by atoms with Crippen LogP contribution in [0.2, 0.25) is 0 Å². The van der Waals surface area contributed by atoms with E-state index in [2.05, 4.69) is 15.5 Å². The van der Waals surface area contributed by atoms with Crippen LogP contribution in [-0.4, -0.2) is 32.9 Å². The number of aromatic nitrogens is 2. The highest BCUT2D eigenvalue weighted by molar-refractivity contribution is 6.07. The first-order valence-electron chi connectivity index (χ1n) is 9.86. The number of imide groups is 1. The number of carbonyl (C=O) groups excluding carboxylic acids is 2. The van der Waals surface area contributed by atoms with Crippen LogP contribution in [0.1, 0.15) is 35.9 Å². The number of nitrogens with zero attached hydrogens (tertiary/aromatic N) is 4. The van der Waals surface area contributed by atoms with Crippen LogP contribution in [0.25, 0.3) is 5.69 Å². The Morgan fingerprint density at radius 1 is 1.03 bits per heavy atom. The van der Waals surface area contributed by atoms with Crippen molar-refractivity contribution in [2.24, 2.45) is 5.10 Å². The minimum absolute atomic E-state index is 0.386. The highest BCUT2D eigenvalue weighted by Gasteiger charge is 2.51. The summed E-state index contributed by atoms with van der Waals surface area (Å²) in [4.78, 5) is 25.8. The molecule has 1 aromatic heterocycles. The van der Waals surface area contributed by atoms with Gasteiger partial charge in [-0.25, -0.2) is 9.48 Å². The Hall–Kier alpha value is -3.74. The van der Waals surface area contributed by atoms with Crippen LogP contribution in [0.3, 0.4) is 0 Å². The molecule has 152 valence electrons. The molecular formula is C23H23N5O2. The van der Waals surface area contributed by atoms with Crippen LogP contribution in [0.5, 0.6) is 0 Å². The van der Waals surface area contributed by atoms with E-state index in [0.29, 0.717) is 6.42 Å². The molecule has 0 saturated carbocycles. The Morgan fingerprint density at radius 3 is 2.30 bits per heavy atom. The Morgan fingerprint density at radius 2 is 1.67 bits per heavy atom. The van der Waals surface area contributed by atoms with Crippen LogP contribution >= 0.6 is 0 Å². The third-order valence-electron chi connectivity index (χ3n) is 5.52. The molecule has 1 aliphatic rings. The molecule has 0 spiro atoms. The molecular weight excluding hydrogens is 378 g/mol. The van der Waals surface area contributed by atoms with E-state index in [9.17, 15) is 9.59 Å². The summed E-state index contributed by atoms with van der Waals surface area (Å²) < 4.78 is 1.82. The molecule has 7 heteroatoms. The van der Waals surface area contributed by atoms with Crippen LogP contribution in [0, 0.1) is 13.8 Å². The lowest BCUT2D eigenvalue weighted by Gasteiger charge is -2.24. The van der Waals surface area contributed by atoms with E-state index in [1.807, 2.05) is 86.1 Å². The number of rotatable bonds is 5. The molecule has 3 aromatic rings. The third kappa shape index (κ3) is 3.08. The average Bonchev–Trinajstić information content (AvgIpc) is 3.20. The van der Waals surface area contributed by atoms with Crippen molar-refractivity contribution in [3.8, 4) is 5.69 Å². The van der Waals surface area contributed by atoms with Gasteiger partial charge in [0.2, 0.25) is 0 Å². The molecule has 1 aliphatic heterocycles. The van der Waals surface area contributed by atoms with Gasteiger partial charge in [-0.1, -0.05) is 55.5 Å². The molecule has 2 aromatic carbocycles. The predicted octanol–water partition coefficient (Wildman–Crippen LogP) is 3.68. The molecule has 0 bridgehead atoms. The fourth-order valence-corrected chi connectivity index (χ4v) is 3.81. The van der Waals surface area contributed by atoms with Crippen molar-refractivity contribution in [2.75, 3.05) is 0 Å². The summed E-state index contributed by atoms with van der Waals surface area (Å²) >= 11 is 0. The van der Waals surface area contributed by atoms with Crippen molar-refractivity contribution < 1.29 is 9.59 Å². The van der Waals surface area contributed by atoms with Crippen LogP contribution in [0.15, 0.2) is 65.8 Å². The summed E-state index contributed by atoms with van der Waals surface area (Å²) in [6, 6.07) is 18.5. The van der Waals surface area contributed by atoms with E-state index < -0.39 is 11.6 Å². The molecule has 0 unspecified atom stereocenters. The van der Waals surface area contributed by atoms with E-state index in [0.717, 1.165) is 33.2 Å². The number of aryl methyl sites for hydroxylation is 1. The van der Waals surface area contributed by atoms with Gasteiger partial charge >= 0.3 is 6.03 Å². The van der Waals surface area contributed by atoms with Gasteiger partial charge in [0.05, 0.1) is 23.3 Å². The maximum atomic E-state index is 13.2. The minimum atomic E-state index is -1.10. The molecule has 0 aliphatic carbocycles. The molecule has 1 saturated heterocycles. The van der Waals surface area contributed by atoms with Gasteiger partial charge in [0.25, 0.3) is 5.91 Å². The zero-order chi connectivity index (χ0) is 21.3. The first-order chi connectivity index (χ1) is 14.5. The Labute approximate surface area is 175 Å². The quantitative estimate of drug-likeness (QED) is 0.523. The van der Waals surface area contributed by atoms with Crippen molar-refractivity contribution in [3.05, 3.63) is 83.2 Å². The smallest absolute Gasteiger partial charge is 0.318 e. The number of amides is 3. The lowest BCUT2D eigenvalue weighted by molar-refractivity contribution is -0.131. The van der Waals surface area contributed by atoms with Gasteiger partial charge in [-0.3, -0.25) is 4.79 Å². The largest absolute Gasteiger partial charge is 0.346 e. The van der Waals surface area contributed by atoms with E-state index in [1.54, 1.807) is 0 Å². The van der Waals surface area contributed by atoms with Crippen molar-refractivity contribution in [3.63, 3.8) is 0 Å². The molecule has 0 radical (unpaired) electrons. The molecule has 2 heterocycles. The zero-order valence-electron chi connectivity index (χ0n) is 17.2. The molecule has 1 fully saturated rings. The first kappa shape index (κ1) is 19.6. The van der Waals surface area contributed by atoms with E-state index in [-0.39, 0.29) is 5.91 Å². The number of para-hydroxylation sites is 1. The monoisotopic (exact) mass is 401 g/mol. The Bertz CT molecular complexity index is 1120. The number of hydrogen-bond acceptors (Lipinski definition) is 4. The van der Waals surface area contributed by atoms with Crippen molar-refractivity contribution in [2.45, 2.75) is 32.7 Å². The second kappa shape index (κ2) is 7.59. The average molecular weight is 401 g/mol. The van der Waals surface area contributed by atoms with Gasteiger partial charge in [0, 0.05) is 5.56 Å². The SMILES string of the molecule is CC[C@@]1(c2ccccc2)NC(=O)N(/N=C\c2c(C)nn(-c3ccccc3)c2C)C1=O. The topological polar surface area (TPSA) is 79.6 Å². The summed E-state index contributed by atoms with van der Waals surface area (Å²) in [5.74, 6) is -0.386. The Balaban J connectivity index is 1.66. The highest BCUT2D eigenvalue weighted by atomic mass is 16.2. The summed E-state index contributed by atoms with van der Waals surface area (Å²) in [7, 11) is 0. The summed E-state index contributed by atoms with van der Waals surface area (Å²) in [5, 5.41) is 12.6. The first-order valence-corrected chi connectivity index (χ1v) is 9.86. The lowest BCUT2D eigenvalue weighted by atomic mass is 9.87. The second-order valence-electron chi connectivity index (χ2n) is 7.25. The number of nitrogens with one attached hydrogen (secondary N) is 1. The maximum Gasteiger partial charge on any atom is 0.346 e. The summed E-state index contributed by atoms with van der Waals surface area (Å²) in [6.45, 7) is 5.68. The maximum absolute atomic E-state index is 13.2. The van der Waals surface area contributed by atoms with Crippen LogP contribution in [0.4, 0.5) is 4.79 Å². The van der Waals surface area contributed by atoms with E-state index >= 15 is 0 Å². The summed E-state index contributed by atoms with van der Waals surface area (Å²) in [5.41, 5.74) is 2.98. The fraction of sp³-hybridized carbons (Fsp3) is 0.217. The normalized spacial score (nSPS) is 19.0. The molecule has 30 heavy (non-hydrogen) atoms. The molecule has 7 nitrogen and oxygen atoms in total.